The highest BCUT2D eigenvalue weighted by molar-refractivity contribution is 7.88. The van der Waals surface area contributed by atoms with E-state index in [1.165, 1.54) is 12.1 Å². The van der Waals surface area contributed by atoms with Crippen LogP contribution in [0.4, 0.5) is 10.1 Å². The van der Waals surface area contributed by atoms with E-state index in [9.17, 15) is 17.6 Å². The van der Waals surface area contributed by atoms with Crippen LogP contribution in [0.25, 0.3) is 0 Å². The van der Waals surface area contributed by atoms with Crippen LogP contribution in [0.3, 0.4) is 0 Å². The van der Waals surface area contributed by atoms with Gasteiger partial charge in [-0.05, 0) is 24.1 Å². The minimum atomic E-state index is -3.48. The number of rotatable bonds is 6. The van der Waals surface area contributed by atoms with E-state index in [0.717, 1.165) is 16.6 Å². The molecule has 21 heavy (non-hydrogen) atoms. The monoisotopic (exact) mass is 336 g/mol. The van der Waals surface area contributed by atoms with Crippen molar-refractivity contribution < 1.29 is 17.6 Å². The first-order chi connectivity index (χ1) is 9.59. The van der Waals surface area contributed by atoms with Crippen molar-refractivity contribution in [2.45, 2.75) is 13.8 Å². The summed E-state index contributed by atoms with van der Waals surface area (Å²) in [7, 11) is -3.48. The zero-order chi connectivity index (χ0) is 16.2. The summed E-state index contributed by atoms with van der Waals surface area (Å²) in [6.45, 7) is 3.66. The van der Waals surface area contributed by atoms with Crippen molar-refractivity contribution in [3.05, 3.63) is 29.0 Å². The maximum absolute atomic E-state index is 13.0. The van der Waals surface area contributed by atoms with Crippen LogP contribution in [0.5, 0.6) is 0 Å². The molecular formula is C13H18ClFN2O3S. The molecule has 1 N–H and O–H groups in total. The smallest absolute Gasteiger partial charge is 0.239 e. The maximum atomic E-state index is 13.0. The number of sulfonamides is 1. The number of benzene rings is 1. The van der Waals surface area contributed by atoms with Crippen LogP contribution >= 0.6 is 11.6 Å². The standard InChI is InChI=1S/C13H18ClFN2O3S/c1-9(2)7-17(21(3,19)20)8-13(18)16-10-4-5-12(15)11(14)6-10/h4-6,9H,7-8H2,1-3H3,(H,16,18). The van der Waals surface area contributed by atoms with Gasteiger partial charge in [0, 0.05) is 12.2 Å². The number of hydrogen-bond acceptors (Lipinski definition) is 3. The van der Waals surface area contributed by atoms with Crippen molar-refractivity contribution in [2.75, 3.05) is 24.7 Å². The van der Waals surface area contributed by atoms with Gasteiger partial charge in [-0.2, -0.15) is 4.31 Å². The van der Waals surface area contributed by atoms with Gasteiger partial charge in [-0.15, -0.1) is 0 Å². The van der Waals surface area contributed by atoms with Gasteiger partial charge in [0.25, 0.3) is 0 Å². The van der Waals surface area contributed by atoms with Crippen molar-refractivity contribution in [3.8, 4) is 0 Å². The molecule has 0 heterocycles. The predicted molar refractivity (Wildman–Crippen MR) is 81.3 cm³/mol. The lowest BCUT2D eigenvalue weighted by Gasteiger charge is -2.21. The topological polar surface area (TPSA) is 66.5 Å². The first-order valence-corrected chi connectivity index (χ1v) is 8.52. The average Bonchev–Trinajstić information content (AvgIpc) is 2.31. The Morgan fingerprint density at radius 1 is 1.43 bits per heavy atom. The van der Waals surface area contributed by atoms with Crippen LogP contribution in [0.1, 0.15) is 13.8 Å². The van der Waals surface area contributed by atoms with E-state index < -0.39 is 21.7 Å². The fraction of sp³-hybridized carbons (Fsp3) is 0.462. The van der Waals surface area contributed by atoms with Crippen LogP contribution < -0.4 is 5.32 Å². The normalized spacial score (nSPS) is 12.0. The molecule has 1 rings (SSSR count). The largest absolute Gasteiger partial charge is 0.325 e. The van der Waals surface area contributed by atoms with Gasteiger partial charge in [-0.3, -0.25) is 4.79 Å². The molecule has 0 aliphatic heterocycles. The number of carbonyl (C=O) groups excluding carboxylic acids is 1. The molecule has 0 aliphatic rings. The molecule has 5 nitrogen and oxygen atoms in total. The fourth-order valence-corrected chi connectivity index (χ4v) is 2.76. The summed E-state index contributed by atoms with van der Waals surface area (Å²) in [5, 5.41) is 2.37. The third-order valence-corrected chi connectivity index (χ3v) is 4.07. The second kappa shape index (κ2) is 7.20. The lowest BCUT2D eigenvalue weighted by molar-refractivity contribution is -0.116. The van der Waals surface area contributed by atoms with E-state index in [-0.39, 0.29) is 24.0 Å². The second-order valence-electron chi connectivity index (χ2n) is 5.13. The van der Waals surface area contributed by atoms with Crippen LogP contribution in [-0.4, -0.2) is 38.0 Å². The zero-order valence-electron chi connectivity index (χ0n) is 12.1. The molecule has 1 amide bonds. The molecule has 0 saturated heterocycles. The number of anilines is 1. The number of nitrogens with one attached hydrogen (secondary N) is 1. The van der Waals surface area contributed by atoms with E-state index in [4.69, 9.17) is 11.6 Å². The highest BCUT2D eigenvalue weighted by Crippen LogP contribution is 2.19. The Bertz CT molecular complexity index is 620. The third kappa shape index (κ3) is 5.99. The van der Waals surface area contributed by atoms with Crippen LogP contribution in [0.15, 0.2) is 18.2 Å². The Labute approximate surface area is 129 Å². The van der Waals surface area contributed by atoms with Gasteiger partial charge in [0.2, 0.25) is 15.9 Å². The Morgan fingerprint density at radius 3 is 2.52 bits per heavy atom. The second-order valence-corrected chi connectivity index (χ2v) is 7.52. The first kappa shape index (κ1) is 17.9. The van der Waals surface area contributed by atoms with Crippen LogP contribution in [0, 0.1) is 11.7 Å². The van der Waals surface area contributed by atoms with Crippen LogP contribution in [0.2, 0.25) is 5.02 Å². The first-order valence-electron chi connectivity index (χ1n) is 6.29. The van der Waals surface area contributed by atoms with E-state index in [1.807, 2.05) is 13.8 Å². The summed E-state index contributed by atoms with van der Waals surface area (Å²) >= 11 is 5.61. The van der Waals surface area contributed by atoms with Crippen LogP contribution in [-0.2, 0) is 14.8 Å². The molecular weight excluding hydrogens is 319 g/mol. The molecule has 0 unspecified atom stereocenters. The number of carbonyl (C=O) groups is 1. The summed E-state index contributed by atoms with van der Waals surface area (Å²) in [5.41, 5.74) is 0.310. The van der Waals surface area contributed by atoms with E-state index in [1.54, 1.807) is 0 Å². The molecule has 0 spiro atoms. The molecule has 0 atom stereocenters. The van der Waals surface area contributed by atoms with E-state index >= 15 is 0 Å². The number of hydrogen-bond donors (Lipinski definition) is 1. The molecule has 0 aliphatic carbocycles. The van der Waals surface area contributed by atoms with Gasteiger partial charge in [0.05, 0.1) is 17.8 Å². The molecule has 0 radical (unpaired) electrons. The molecule has 0 bridgehead atoms. The van der Waals surface area contributed by atoms with Crippen molar-refractivity contribution in [1.29, 1.82) is 0 Å². The Hall–Kier alpha value is -1.18. The summed E-state index contributed by atoms with van der Waals surface area (Å²) in [6, 6.07) is 3.74. The lowest BCUT2D eigenvalue weighted by atomic mass is 10.2. The molecule has 1 aromatic rings. The summed E-state index contributed by atoms with van der Waals surface area (Å²) < 4.78 is 37.4. The van der Waals surface area contributed by atoms with Crippen molar-refractivity contribution in [1.82, 2.24) is 4.31 Å². The highest BCUT2D eigenvalue weighted by Gasteiger charge is 2.21. The van der Waals surface area contributed by atoms with Crippen molar-refractivity contribution in [3.63, 3.8) is 0 Å². The van der Waals surface area contributed by atoms with Gasteiger partial charge in [-0.25, -0.2) is 12.8 Å². The van der Waals surface area contributed by atoms with E-state index in [0.29, 0.717) is 5.69 Å². The summed E-state index contributed by atoms with van der Waals surface area (Å²) in [5.74, 6) is -1.01. The minimum Gasteiger partial charge on any atom is -0.325 e. The third-order valence-electron chi connectivity index (χ3n) is 2.56. The molecule has 8 heteroatoms. The van der Waals surface area contributed by atoms with Gasteiger partial charge in [0.1, 0.15) is 5.82 Å². The fourth-order valence-electron chi connectivity index (χ4n) is 1.66. The predicted octanol–water partition coefficient (Wildman–Crippen LogP) is 2.34. The summed E-state index contributed by atoms with van der Waals surface area (Å²) in [6.07, 6.45) is 1.05. The minimum absolute atomic E-state index is 0.0905. The van der Waals surface area contributed by atoms with Crippen molar-refractivity contribution >= 4 is 33.2 Å². The van der Waals surface area contributed by atoms with Gasteiger partial charge < -0.3 is 5.32 Å². The Morgan fingerprint density at radius 2 is 2.05 bits per heavy atom. The molecule has 1 aromatic carbocycles. The molecule has 0 saturated carbocycles. The average molecular weight is 337 g/mol. The molecule has 0 aromatic heterocycles. The zero-order valence-corrected chi connectivity index (χ0v) is 13.6. The van der Waals surface area contributed by atoms with Gasteiger partial charge >= 0.3 is 0 Å². The lowest BCUT2D eigenvalue weighted by Crippen LogP contribution is -2.39. The van der Waals surface area contributed by atoms with E-state index in [2.05, 4.69) is 5.32 Å². The number of nitrogens with zero attached hydrogens (tertiary/aromatic N) is 1. The molecule has 118 valence electrons. The Kier molecular flexibility index (Phi) is 6.12. The molecule has 0 fully saturated rings. The SMILES string of the molecule is CC(C)CN(CC(=O)Nc1ccc(F)c(Cl)c1)S(C)(=O)=O. The quantitative estimate of drug-likeness (QED) is 0.867. The Balaban J connectivity index is 2.76. The maximum Gasteiger partial charge on any atom is 0.239 e. The van der Waals surface area contributed by atoms with Gasteiger partial charge in [-0.1, -0.05) is 25.4 Å². The van der Waals surface area contributed by atoms with Crippen molar-refractivity contribution in [2.24, 2.45) is 5.92 Å². The number of amides is 1. The number of halogens is 2. The summed E-state index contributed by atoms with van der Waals surface area (Å²) in [4.78, 5) is 11.9. The highest BCUT2D eigenvalue weighted by atomic mass is 35.5. The van der Waals surface area contributed by atoms with Gasteiger partial charge in [0.15, 0.2) is 0 Å².